The molecule has 1 aromatic carbocycles. The molecule has 1 aromatic rings. The molecule has 1 fully saturated rings. The molecule has 0 saturated carbocycles. The minimum Gasteiger partial charge on any atom is -0.505 e. The van der Waals surface area contributed by atoms with E-state index in [0.717, 1.165) is 6.07 Å². The number of phenolic OH excluding ortho intramolecular Hbond substituents is 1. The molecule has 2 rings (SSSR count). The first kappa shape index (κ1) is 19.3. The Morgan fingerprint density at radius 1 is 1.15 bits per heavy atom. The Morgan fingerprint density at radius 3 is 2.30 bits per heavy atom. The molecule has 116 valence electrons. The molecule has 1 aliphatic heterocycles. The molecule has 2 N–H and O–H groups in total. The third kappa shape index (κ3) is 4.15. The second kappa shape index (κ2) is 8.56. The molecule has 0 aromatic heterocycles. The Hall–Kier alpha value is -0.690. The lowest BCUT2D eigenvalue weighted by Gasteiger charge is -2.34. The van der Waals surface area contributed by atoms with Gasteiger partial charge < -0.3 is 10.4 Å². The maximum Gasteiger partial charge on any atom is 0.258 e. The highest BCUT2D eigenvalue weighted by atomic mass is 35.5. The molecule has 0 amide bonds. The van der Waals surface area contributed by atoms with Gasteiger partial charge in [0.2, 0.25) is 0 Å². The van der Waals surface area contributed by atoms with Gasteiger partial charge in [-0.15, -0.1) is 24.8 Å². The van der Waals surface area contributed by atoms with Crippen LogP contribution in [-0.2, 0) is 0 Å². The molecule has 20 heavy (non-hydrogen) atoms. The number of aromatic hydroxyl groups is 1. The van der Waals surface area contributed by atoms with Gasteiger partial charge in [0.1, 0.15) is 6.04 Å². The van der Waals surface area contributed by atoms with Gasteiger partial charge in [-0.1, -0.05) is 12.1 Å². The first-order valence-corrected chi connectivity index (χ1v) is 5.81. The van der Waals surface area contributed by atoms with Gasteiger partial charge in [-0.25, -0.2) is 13.2 Å². The van der Waals surface area contributed by atoms with Gasteiger partial charge in [0.05, 0.1) is 0 Å². The number of hydrogen-bond donors (Lipinski definition) is 2. The number of hydrogen-bond acceptors (Lipinski definition) is 3. The molecule has 0 bridgehead atoms. The fourth-order valence-electron chi connectivity index (χ4n) is 2.22. The second-order valence-corrected chi connectivity index (χ2v) is 4.24. The summed E-state index contributed by atoms with van der Waals surface area (Å²) in [5.74, 6) is -1.55. The predicted octanol–water partition coefficient (Wildman–Crippen LogP) is 2.59. The third-order valence-corrected chi connectivity index (χ3v) is 3.12. The summed E-state index contributed by atoms with van der Waals surface area (Å²) < 4.78 is 39.6. The Labute approximate surface area is 128 Å². The van der Waals surface area contributed by atoms with E-state index in [1.54, 1.807) is 4.90 Å². The zero-order chi connectivity index (χ0) is 13.1. The lowest BCUT2D eigenvalue weighted by Crippen LogP contribution is -2.46. The number of alkyl halides is 2. The van der Waals surface area contributed by atoms with Crippen LogP contribution in [-0.4, -0.2) is 42.6 Å². The van der Waals surface area contributed by atoms with Crippen LogP contribution in [0.1, 0.15) is 11.6 Å². The molecule has 0 radical (unpaired) electrons. The summed E-state index contributed by atoms with van der Waals surface area (Å²) in [5.41, 5.74) is -0.0492. The van der Waals surface area contributed by atoms with Crippen LogP contribution >= 0.6 is 24.8 Å². The Kier molecular flexibility index (Phi) is 8.27. The van der Waals surface area contributed by atoms with Crippen LogP contribution in [0.4, 0.5) is 13.2 Å². The lowest BCUT2D eigenvalue weighted by molar-refractivity contribution is 0.0168. The molecule has 3 nitrogen and oxygen atoms in total. The largest absolute Gasteiger partial charge is 0.505 e. The number of para-hydroxylation sites is 1. The van der Waals surface area contributed by atoms with Crippen LogP contribution in [0.2, 0.25) is 0 Å². The third-order valence-electron chi connectivity index (χ3n) is 3.12. The molecular weight excluding hydrogens is 316 g/mol. The van der Waals surface area contributed by atoms with E-state index in [0.29, 0.717) is 26.2 Å². The first-order chi connectivity index (χ1) is 8.61. The average molecular weight is 333 g/mol. The summed E-state index contributed by atoms with van der Waals surface area (Å²) in [7, 11) is 0. The van der Waals surface area contributed by atoms with Gasteiger partial charge in [0.15, 0.2) is 11.6 Å². The van der Waals surface area contributed by atoms with E-state index in [1.165, 1.54) is 12.1 Å². The number of rotatable bonds is 3. The highest BCUT2D eigenvalue weighted by Gasteiger charge is 2.32. The molecule has 1 heterocycles. The van der Waals surface area contributed by atoms with E-state index in [1.807, 2.05) is 0 Å². The van der Waals surface area contributed by atoms with Crippen molar-refractivity contribution in [3.05, 3.63) is 29.6 Å². The molecule has 1 saturated heterocycles. The van der Waals surface area contributed by atoms with E-state index in [9.17, 15) is 18.3 Å². The minimum atomic E-state index is -2.67. The number of nitrogens with zero attached hydrogens (tertiary/aromatic N) is 1. The smallest absolute Gasteiger partial charge is 0.258 e. The van der Waals surface area contributed by atoms with Crippen molar-refractivity contribution in [3.8, 4) is 5.75 Å². The highest BCUT2D eigenvalue weighted by molar-refractivity contribution is 5.85. The van der Waals surface area contributed by atoms with E-state index >= 15 is 0 Å². The number of halogens is 5. The molecule has 1 aliphatic rings. The van der Waals surface area contributed by atoms with E-state index in [4.69, 9.17) is 0 Å². The van der Waals surface area contributed by atoms with Crippen LogP contribution in [0.3, 0.4) is 0 Å². The number of nitrogens with one attached hydrogen (secondary N) is 1. The second-order valence-electron chi connectivity index (χ2n) is 4.24. The molecule has 1 atom stereocenters. The fourth-order valence-corrected chi connectivity index (χ4v) is 2.22. The summed E-state index contributed by atoms with van der Waals surface area (Å²) in [6.45, 7) is 2.12. The van der Waals surface area contributed by atoms with E-state index < -0.39 is 24.0 Å². The molecule has 8 heteroatoms. The fraction of sp³-hybridized carbons (Fsp3) is 0.500. The van der Waals surface area contributed by atoms with Crippen LogP contribution < -0.4 is 5.32 Å². The zero-order valence-corrected chi connectivity index (χ0v) is 12.2. The van der Waals surface area contributed by atoms with E-state index in [-0.39, 0.29) is 30.4 Å². The maximum absolute atomic E-state index is 13.2. The van der Waals surface area contributed by atoms with Crippen LogP contribution in [0.15, 0.2) is 18.2 Å². The molecule has 0 aliphatic carbocycles. The van der Waals surface area contributed by atoms with Gasteiger partial charge >= 0.3 is 0 Å². The number of benzene rings is 1. The SMILES string of the molecule is Cl.Cl.Oc1c(F)cccc1[C@H](C(F)F)N1CCNCC1. The van der Waals surface area contributed by atoms with Crippen molar-refractivity contribution in [2.24, 2.45) is 0 Å². The Bertz CT molecular complexity index is 418. The molecular formula is C12H17Cl2F3N2O. The highest BCUT2D eigenvalue weighted by Crippen LogP contribution is 2.34. The summed E-state index contributed by atoms with van der Waals surface area (Å²) in [5, 5.41) is 12.7. The summed E-state index contributed by atoms with van der Waals surface area (Å²) >= 11 is 0. The number of phenols is 1. The standard InChI is InChI=1S/C12H15F3N2O.2ClH/c13-9-3-1-2-8(11(9)18)10(12(14)15)17-6-4-16-5-7-17;;/h1-3,10,12,16,18H,4-7H2;2*1H/t10-;;/m1../s1. The zero-order valence-electron chi connectivity index (χ0n) is 10.6. The summed E-state index contributed by atoms with van der Waals surface area (Å²) in [6.07, 6.45) is -2.67. The number of piperazine rings is 1. The first-order valence-electron chi connectivity index (χ1n) is 5.81. The topological polar surface area (TPSA) is 35.5 Å². The van der Waals surface area contributed by atoms with Gasteiger partial charge in [-0.05, 0) is 6.07 Å². The van der Waals surface area contributed by atoms with Crippen molar-refractivity contribution in [2.45, 2.75) is 12.5 Å². The summed E-state index contributed by atoms with van der Waals surface area (Å²) in [6, 6.07) is 2.47. The molecule has 0 unspecified atom stereocenters. The van der Waals surface area contributed by atoms with Gasteiger partial charge in [-0.2, -0.15) is 0 Å². The predicted molar refractivity (Wildman–Crippen MR) is 75.7 cm³/mol. The van der Waals surface area contributed by atoms with Gasteiger partial charge in [0, 0.05) is 31.7 Å². The normalized spacial score (nSPS) is 17.2. The Balaban J connectivity index is 0.00000180. The van der Waals surface area contributed by atoms with Crippen molar-refractivity contribution in [3.63, 3.8) is 0 Å². The van der Waals surface area contributed by atoms with Crippen LogP contribution in [0.5, 0.6) is 5.75 Å². The quantitative estimate of drug-likeness (QED) is 0.893. The van der Waals surface area contributed by atoms with Gasteiger partial charge in [0.25, 0.3) is 6.43 Å². The van der Waals surface area contributed by atoms with Gasteiger partial charge in [-0.3, -0.25) is 4.90 Å². The maximum atomic E-state index is 13.2. The summed E-state index contributed by atoms with van der Waals surface area (Å²) in [4.78, 5) is 1.57. The van der Waals surface area contributed by atoms with E-state index in [2.05, 4.69) is 5.32 Å². The van der Waals surface area contributed by atoms with Crippen LogP contribution in [0.25, 0.3) is 0 Å². The van der Waals surface area contributed by atoms with Crippen LogP contribution in [0, 0.1) is 5.82 Å². The van der Waals surface area contributed by atoms with Crippen molar-refractivity contribution in [2.75, 3.05) is 26.2 Å². The minimum absolute atomic E-state index is 0. The average Bonchev–Trinajstić information content (AvgIpc) is 2.36. The monoisotopic (exact) mass is 332 g/mol. The van der Waals surface area contributed by atoms with Crippen molar-refractivity contribution in [1.29, 1.82) is 0 Å². The Morgan fingerprint density at radius 2 is 1.75 bits per heavy atom. The van der Waals surface area contributed by atoms with Crippen molar-refractivity contribution < 1.29 is 18.3 Å². The lowest BCUT2D eigenvalue weighted by atomic mass is 10.0. The molecule has 0 spiro atoms. The van der Waals surface area contributed by atoms with Crippen molar-refractivity contribution >= 4 is 24.8 Å². The van der Waals surface area contributed by atoms with Crippen molar-refractivity contribution in [1.82, 2.24) is 10.2 Å².